The summed E-state index contributed by atoms with van der Waals surface area (Å²) >= 11 is 0.146. The van der Waals surface area contributed by atoms with Crippen molar-refractivity contribution in [2.24, 2.45) is 0 Å². The van der Waals surface area contributed by atoms with Gasteiger partial charge in [0.15, 0.2) is 0 Å². The number of H-pyrrole nitrogens is 1. The molecule has 1 saturated heterocycles. The maximum atomic E-state index is 12.5. The normalized spacial score (nSPS) is 22.8. The van der Waals surface area contributed by atoms with Gasteiger partial charge in [0, 0.05) is 0 Å². The summed E-state index contributed by atoms with van der Waals surface area (Å²) in [5.41, 5.74) is -0.817. The van der Waals surface area contributed by atoms with Crippen molar-refractivity contribution >= 4 is 27.7 Å². The van der Waals surface area contributed by atoms with Crippen molar-refractivity contribution in [2.75, 3.05) is 6.61 Å². The Morgan fingerprint density at radius 1 is 1.17 bits per heavy atom. The van der Waals surface area contributed by atoms with E-state index in [0.29, 0.717) is 6.61 Å². The molecule has 8 heteroatoms. The van der Waals surface area contributed by atoms with Gasteiger partial charge in [0.25, 0.3) is 0 Å². The fourth-order valence-electron chi connectivity index (χ4n) is 3.15. The Kier molecular flexibility index (Phi) is 7.25. The first-order chi connectivity index (χ1) is 14.1. The zero-order chi connectivity index (χ0) is 21.9. The van der Waals surface area contributed by atoms with Gasteiger partial charge >= 0.3 is 185 Å². The van der Waals surface area contributed by atoms with Crippen LogP contribution < -0.4 is 15.7 Å². The maximum absolute atomic E-state index is 12.5. The van der Waals surface area contributed by atoms with Gasteiger partial charge < -0.3 is 0 Å². The Morgan fingerprint density at radius 3 is 2.50 bits per heavy atom. The van der Waals surface area contributed by atoms with E-state index < -0.39 is 25.8 Å². The second-order valence-corrected chi connectivity index (χ2v) is 16.8. The van der Waals surface area contributed by atoms with Crippen molar-refractivity contribution in [3.05, 3.63) is 63.4 Å². The summed E-state index contributed by atoms with van der Waals surface area (Å²) in [6, 6.07) is 11.7. The van der Waals surface area contributed by atoms with Gasteiger partial charge in [-0.15, -0.1) is 0 Å². The number of aromatic amines is 1. The van der Waals surface area contributed by atoms with Crippen LogP contribution in [0, 0.1) is 0 Å². The topological polar surface area (TPSA) is 73.3 Å². The SMILES string of the molecule is CC(C)(C)[Si](C)(C)OC[C@H]1CC[C@H]([Se]c2ccccc2)[C@@H](n2ccc(=O)[nH]c2=O)O1. The van der Waals surface area contributed by atoms with Crippen molar-refractivity contribution in [3.8, 4) is 0 Å². The minimum absolute atomic E-state index is 0.0641. The van der Waals surface area contributed by atoms with Crippen LogP contribution in [-0.2, 0) is 9.16 Å². The molecule has 164 valence electrons. The van der Waals surface area contributed by atoms with Crippen LogP contribution in [0.15, 0.2) is 52.2 Å². The molecule has 0 saturated carbocycles. The zero-order valence-corrected chi connectivity index (χ0v) is 21.1. The van der Waals surface area contributed by atoms with E-state index in [1.165, 1.54) is 15.1 Å². The van der Waals surface area contributed by atoms with Crippen molar-refractivity contribution < 1.29 is 9.16 Å². The number of nitrogens with zero attached hydrogens (tertiary/aromatic N) is 1. The number of ether oxygens (including phenoxy) is 1. The molecule has 30 heavy (non-hydrogen) atoms. The van der Waals surface area contributed by atoms with Crippen LogP contribution in [0.3, 0.4) is 0 Å². The second kappa shape index (κ2) is 9.36. The summed E-state index contributed by atoms with van der Waals surface area (Å²) < 4.78 is 15.6. The summed E-state index contributed by atoms with van der Waals surface area (Å²) in [5.74, 6) is 0. The third kappa shape index (κ3) is 5.62. The molecule has 0 amide bonds. The minimum atomic E-state index is -1.88. The molecule has 1 aromatic carbocycles. The Hall–Kier alpha value is -1.44. The molecule has 1 aliphatic heterocycles. The fourth-order valence-corrected chi connectivity index (χ4v) is 6.76. The average molecular weight is 496 g/mol. The van der Waals surface area contributed by atoms with E-state index in [4.69, 9.17) is 9.16 Å². The first-order valence-electron chi connectivity index (χ1n) is 10.4. The second-order valence-electron chi connectivity index (χ2n) is 9.28. The van der Waals surface area contributed by atoms with E-state index in [-0.39, 0.29) is 30.9 Å². The molecule has 2 aromatic rings. The van der Waals surface area contributed by atoms with E-state index >= 15 is 0 Å². The molecule has 0 aliphatic carbocycles. The van der Waals surface area contributed by atoms with Gasteiger partial charge in [0.2, 0.25) is 0 Å². The molecular weight excluding hydrogens is 463 g/mol. The number of rotatable bonds is 6. The first-order valence-corrected chi connectivity index (χ1v) is 15.1. The summed E-state index contributed by atoms with van der Waals surface area (Å²) in [6.45, 7) is 11.7. The van der Waals surface area contributed by atoms with E-state index in [2.05, 4.69) is 51.0 Å². The summed E-state index contributed by atoms with van der Waals surface area (Å²) in [6.07, 6.45) is 2.94. The first kappa shape index (κ1) is 23.2. The van der Waals surface area contributed by atoms with Crippen molar-refractivity contribution in [3.63, 3.8) is 0 Å². The van der Waals surface area contributed by atoms with Crippen molar-refractivity contribution in [2.45, 2.75) is 68.9 Å². The van der Waals surface area contributed by atoms with Crippen LogP contribution in [0.5, 0.6) is 0 Å². The van der Waals surface area contributed by atoms with Crippen LogP contribution in [-0.4, -0.2) is 45.5 Å². The Morgan fingerprint density at radius 2 is 1.87 bits per heavy atom. The van der Waals surface area contributed by atoms with Gasteiger partial charge in [0.05, 0.1) is 0 Å². The molecule has 0 spiro atoms. The van der Waals surface area contributed by atoms with Gasteiger partial charge in [0.1, 0.15) is 0 Å². The number of aromatic nitrogens is 2. The zero-order valence-electron chi connectivity index (χ0n) is 18.4. The molecular formula is C22H32N2O4SeSi. The fraction of sp³-hybridized carbons (Fsp3) is 0.545. The van der Waals surface area contributed by atoms with Gasteiger partial charge in [-0.25, -0.2) is 0 Å². The third-order valence-electron chi connectivity index (χ3n) is 6.02. The quantitative estimate of drug-likeness (QED) is 0.626. The number of hydrogen-bond donors (Lipinski definition) is 1. The van der Waals surface area contributed by atoms with Crippen LogP contribution >= 0.6 is 0 Å². The third-order valence-corrected chi connectivity index (χ3v) is 13.3. The van der Waals surface area contributed by atoms with E-state index in [0.717, 1.165) is 12.8 Å². The molecule has 6 nitrogen and oxygen atoms in total. The van der Waals surface area contributed by atoms with Crippen molar-refractivity contribution in [1.82, 2.24) is 9.55 Å². The molecule has 0 bridgehead atoms. The number of hydrogen-bond acceptors (Lipinski definition) is 4. The van der Waals surface area contributed by atoms with E-state index in [1.54, 1.807) is 6.20 Å². The number of nitrogens with one attached hydrogen (secondary N) is 1. The Balaban J connectivity index is 1.80. The molecule has 2 heterocycles. The standard InChI is InChI=1S/C22H32N2O4SeSi/c1-22(2,3)30(4,5)27-15-16-11-12-18(29-17-9-7-6-8-10-17)20(28-16)24-14-13-19(25)23-21(24)26/h6-10,13-14,16,18,20H,11-12,15H2,1-5H3,(H,23,25,26)/t16-,18+,20+/m1/s1. The van der Waals surface area contributed by atoms with Gasteiger partial charge in [-0.2, -0.15) is 0 Å². The molecule has 1 aromatic heterocycles. The van der Waals surface area contributed by atoms with Crippen LogP contribution in [0.1, 0.15) is 39.8 Å². The van der Waals surface area contributed by atoms with Crippen LogP contribution in [0.2, 0.25) is 22.9 Å². The van der Waals surface area contributed by atoms with Crippen molar-refractivity contribution in [1.29, 1.82) is 0 Å². The monoisotopic (exact) mass is 496 g/mol. The molecule has 1 N–H and O–H groups in total. The number of benzene rings is 1. The van der Waals surface area contributed by atoms with Crippen LogP contribution in [0.25, 0.3) is 0 Å². The van der Waals surface area contributed by atoms with E-state index in [9.17, 15) is 9.59 Å². The summed E-state index contributed by atoms with van der Waals surface area (Å²) in [5, 5.41) is 0.135. The summed E-state index contributed by atoms with van der Waals surface area (Å²) in [7, 11) is -1.88. The predicted molar refractivity (Wildman–Crippen MR) is 123 cm³/mol. The average Bonchev–Trinajstić information content (AvgIpc) is 2.67. The Labute approximate surface area is 185 Å². The summed E-state index contributed by atoms with van der Waals surface area (Å²) in [4.78, 5) is 26.6. The van der Waals surface area contributed by atoms with E-state index in [1.807, 2.05) is 18.2 Å². The molecule has 3 atom stereocenters. The molecule has 1 aliphatic rings. The molecule has 0 unspecified atom stereocenters. The van der Waals surface area contributed by atoms with Gasteiger partial charge in [-0.3, -0.25) is 0 Å². The van der Waals surface area contributed by atoms with Gasteiger partial charge in [-0.05, 0) is 0 Å². The molecule has 1 fully saturated rings. The van der Waals surface area contributed by atoms with Crippen LogP contribution in [0.4, 0.5) is 0 Å². The predicted octanol–water partition coefficient (Wildman–Crippen LogP) is 3.05. The molecule has 3 rings (SSSR count). The molecule has 0 radical (unpaired) electrons. The van der Waals surface area contributed by atoms with Gasteiger partial charge in [-0.1, -0.05) is 0 Å². The Bertz CT molecular complexity index is 952.